The van der Waals surface area contributed by atoms with Gasteiger partial charge in [-0.1, -0.05) is 53.7 Å². The summed E-state index contributed by atoms with van der Waals surface area (Å²) in [5, 5.41) is 1.39. The van der Waals surface area contributed by atoms with Crippen molar-refractivity contribution in [3.8, 4) is 5.69 Å². The number of imidazole rings is 1. The van der Waals surface area contributed by atoms with Gasteiger partial charge in [0.1, 0.15) is 5.82 Å². The Bertz CT molecular complexity index is 1420. The Morgan fingerprint density at radius 3 is 2.40 bits per heavy atom. The van der Waals surface area contributed by atoms with Gasteiger partial charge in [-0.05, 0) is 50.2 Å². The molecule has 2 heterocycles. The van der Waals surface area contributed by atoms with Crippen molar-refractivity contribution < 1.29 is 0 Å². The van der Waals surface area contributed by atoms with Crippen LogP contribution in [0.5, 0.6) is 0 Å². The van der Waals surface area contributed by atoms with Gasteiger partial charge in [0.2, 0.25) is 0 Å². The lowest BCUT2D eigenvalue weighted by Gasteiger charge is -2.13. The summed E-state index contributed by atoms with van der Waals surface area (Å²) in [5.41, 5.74) is 4.85. The van der Waals surface area contributed by atoms with Crippen LogP contribution in [0.2, 0.25) is 0 Å². The molecular formula is C24H20N4OS. The van der Waals surface area contributed by atoms with E-state index in [-0.39, 0.29) is 10.8 Å². The molecule has 0 spiro atoms. The molecule has 2 aromatic heterocycles. The lowest BCUT2D eigenvalue weighted by molar-refractivity contribution is 0.883. The second kappa shape index (κ2) is 7.46. The maximum Gasteiger partial charge on any atom is 0.258 e. The van der Waals surface area contributed by atoms with Crippen LogP contribution in [0.1, 0.15) is 23.6 Å². The molecule has 6 heteroatoms. The Kier molecular flexibility index (Phi) is 4.64. The minimum Gasteiger partial charge on any atom is -0.309 e. The molecule has 5 rings (SSSR count). The van der Waals surface area contributed by atoms with Crippen molar-refractivity contribution in [1.82, 2.24) is 19.5 Å². The summed E-state index contributed by atoms with van der Waals surface area (Å²) in [7, 11) is 0. The third-order valence-electron chi connectivity index (χ3n) is 5.12. The van der Waals surface area contributed by atoms with Gasteiger partial charge in [-0.15, -0.1) is 0 Å². The number of aromatic nitrogens is 4. The second-order valence-corrected chi connectivity index (χ2v) is 8.59. The zero-order valence-corrected chi connectivity index (χ0v) is 17.5. The fourth-order valence-electron chi connectivity index (χ4n) is 3.54. The molecule has 0 amide bonds. The number of aromatic amines is 1. The first-order chi connectivity index (χ1) is 14.6. The molecule has 0 fully saturated rings. The van der Waals surface area contributed by atoms with Crippen molar-refractivity contribution in [1.29, 1.82) is 0 Å². The largest absolute Gasteiger partial charge is 0.309 e. The number of hydrogen-bond acceptors (Lipinski definition) is 4. The summed E-state index contributed by atoms with van der Waals surface area (Å²) < 4.78 is 2.16. The molecule has 148 valence electrons. The van der Waals surface area contributed by atoms with Crippen molar-refractivity contribution in [2.45, 2.75) is 24.3 Å². The highest BCUT2D eigenvalue weighted by atomic mass is 32.2. The first kappa shape index (κ1) is 18.6. The molecule has 5 aromatic rings. The molecule has 0 radical (unpaired) electrons. The molecule has 0 aliphatic rings. The summed E-state index contributed by atoms with van der Waals surface area (Å²) in [5.74, 6) is 0.645. The molecule has 3 aromatic carbocycles. The third kappa shape index (κ3) is 3.29. The van der Waals surface area contributed by atoms with E-state index in [9.17, 15) is 4.79 Å². The average Bonchev–Trinajstić information content (AvgIpc) is 3.12. The number of aryl methyl sites for hydroxylation is 1. The highest BCUT2D eigenvalue weighted by molar-refractivity contribution is 7.99. The standard InChI is InChI=1S/C24H20N4OS/c1-15-11-13-17(14-12-15)28-21-10-6-5-9-20(21)26-24(28)30-16(2)22-25-19-8-4-3-7-18(19)23(29)27-22/h3-14,16H,1-2H3,(H,25,27,29)/t16-/m0/s1. The van der Waals surface area contributed by atoms with Gasteiger partial charge in [0.25, 0.3) is 5.56 Å². The van der Waals surface area contributed by atoms with Crippen LogP contribution >= 0.6 is 11.8 Å². The SMILES string of the molecule is Cc1ccc(-n2c(S[C@@H](C)c3nc4ccccc4c(=O)[nH]3)nc3ccccc32)cc1. The molecule has 30 heavy (non-hydrogen) atoms. The molecule has 5 nitrogen and oxygen atoms in total. The summed E-state index contributed by atoms with van der Waals surface area (Å²) in [4.78, 5) is 25.0. The number of thioether (sulfide) groups is 1. The number of hydrogen-bond donors (Lipinski definition) is 1. The summed E-state index contributed by atoms with van der Waals surface area (Å²) in [6.07, 6.45) is 0. The van der Waals surface area contributed by atoms with Crippen molar-refractivity contribution in [3.63, 3.8) is 0 Å². The van der Waals surface area contributed by atoms with E-state index in [1.165, 1.54) is 5.56 Å². The van der Waals surface area contributed by atoms with Gasteiger partial charge in [-0.2, -0.15) is 0 Å². The van der Waals surface area contributed by atoms with Crippen LogP contribution in [0.15, 0.2) is 82.7 Å². The van der Waals surface area contributed by atoms with Crippen LogP contribution in [0.4, 0.5) is 0 Å². The first-order valence-electron chi connectivity index (χ1n) is 9.80. The molecule has 1 N–H and O–H groups in total. The Morgan fingerprint density at radius 1 is 0.900 bits per heavy atom. The molecule has 0 aliphatic heterocycles. The van der Waals surface area contributed by atoms with E-state index in [0.717, 1.165) is 21.9 Å². The molecule has 0 unspecified atom stereocenters. The van der Waals surface area contributed by atoms with E-state index in [1.807, 2.05) is 43.3 Å². The molecular weight excluding hydrogens is 392 g/mol. The minimum absolute atomic E-state index is 0.0803. The smallest absolute Gasteiger partial charge is 0.258 e. The monoisotopic (exact) mass is 412 g/mol. The quantitative estimate of drug-likeness (QED) is 0.400. The molecule has 1 atom stereocenters. The van der Waals surface area contributed by atoms with Gasteiger partial charge in [0.15, 0.2) is 5.16 Å². The van der Waals surface area contributed by atoms with E-state index in [1.54, 1.807) is 17.8 Å². The Hall–Kier alpha value is -3.38. The van der Waals surface area contributed by atoms with Gasteiger partial charge in [-0.3, -0.25) is 9.36 Å². The number of nitrogens with zero attached hydrogens (tertiary/aromatic N) is 3. The maximum atomic E-state index is 12.5. The minimum atomic E-state index is -0.116. The fourth-order valence-corrected chi connectivity index (χ4v) is 4.54. The second-order valence-electron chi connectivity index (χ2n) is 7.28. The lowest BCUT2D eigenvalue weighted by atomic mass is 10.2. The van der Waals surface area contributed by atoms with Gasteiger partial charge in [0, 0.05) is 5.69 Å². The van der Waals surface area contributed by atoms with Crippen LogP contribution in [-0.2, 0) is 0 Å². The van der Waals surface area contributed by atoms with E-state index < -0.39 is 0 Å². The first-order valence-corrected chi connectivity index (χ1v) is 10.7. The van der Waals surface area contributed by atoms with Gasteiger partial charge >= 0.3 is 0 Å². The average molecular weight is 413 g/mol. The van der Waals surface area contributed by atoms with E-state index >= 15 is 0 Å². The topological polar surface area (TPSA) is 63.6 Å². The van der Waals surface area contributed by atoms with E-state index in [2.05, 4.69) is 51.8 Å². The highest BCUT2D eigenvalue weighted by Crippen LogP contribution is 2.36. The van der Waals surface area contributed by atoms with Crippen LogP contribution in [0, 0.1) is 6.92 Å². The molecule has 0 aliphatic carbocycles. The van der Waals surface area contributed by atoms with Crippen molar-refractivity contribution in [2.75, 3.05) is 0 Å². The summed E-state index contributed by atoms with van der Waals surface area (Å²) >= 11 is 1.58. The predicted octanol–water partition coefficient (Wildman–Crippen LogP) is 5.42. The third-order valence-corrected chi connectivity index (χ3v) is 6.18. The number of fused-ring (bicyclic) bond motifs is 2. The van der Waals surface area contributed by atoms with E-state index in [0.29, 0.717) is 16.7 Å². The Morgan fingerprint density at radius 2 is 1.60 bits per heavy atom. The van der Waals surface area contributed by atoms with Crippen LogP contribution in [0.3, 0.4) is 0 Å². The van der Waals surface area contributed by atoms with Crippen molar-refractivity contribution in [2.24, 2.45) is 0 Å². The van der Waals surface area contributed by atoms with Crippen LogP contribution < -0.4 is 5.56 Å². The summed E-state index contributed by atoms with van der Waals surface area (Å²) in [6.45, 7) is 4.12. The van der Waals surface area contributed by atoms with Gasteiger partial charge in [-0.25, -0.2) is 9.97 Å². The number of H-pyrrole nitrogens is 1. The van der Waals surface area contributed by atoms with Crippen molar-refractivity contribution in [3.05, 3.63) is 94.5 Å². The van der Waals surface area contributed by atoms with Gasteiger partial charge < -0.3 is 4.98 Å². The van der Waals surface area contributed by atoms with Crippen LogP contribution in [0.25, 0.3) is 27.6 Å². The lowest BCUT2D eigenvalue weighted by Crippen LogP contribution is -2.13. The molecule has 0 saturated carbocycles. The van der Waals surface area contributed by atoms with Gasteiger partial charge in [0.05, 0.1) is 27.2 Å². The summed E-state index contributed by atoms with van der Waals surface area (Å²) in [6, 6.07) is 23.9. The Balaban J connectivity index is 1.59. The normalized spacial score (nSPS) is 12.5. The number of nitrogens with one attached hydrogen (secondary N) is 1. The highest BCUT2D eigenvalue weighted by Gasteiger charge is 2.19. The Labute approximate surface area is 177 Å². The number of para-hydroxylation sites is 3. The predicted molar refractivity (Wildman–Crippen MR) is 122 cm³/mol. The van der Waals surface area contributed by atoms with E-state index in [4.69, 9.17) is 4.98 Å². The molecule has 0 saturated heterocycles. The zero-order valence-electron chi connectivity index (χ0n) is 16.7. The molecule has 0 bridgehead atoms. The zero-order chi connectivity index (χ0) is 20.7. The number of rotatable bonds is 4. The van der Waals surface area contributed by atoms with Crippen molar-refractivity contribution >= 4 is 33.7 Å². The van der Waals surface area contributed by atoms with Crippen LogP contribution in [-0.4, -0.2) is 19.5 Å². The fraction of sp³-hybridized carbons (Fsp3) is 0.125. The maximum absolute atomic E-state index is 12.5. The number of benzene rings is 3.